The van der Waals surface area contributed by atoms with Gasteiger partial charge in [0.2, 0.25) is 11.2 Å². The predicted octanol–water partition coefficient (Wildman–Crippen LogP) is 1.67. The molecule has 0 aliphatic rings. The topological polar surface area (TPSA) is 57.3 Å². The van der Waals surface area contributed by atoms with E-state index in [0.29, 0.717) is 11.5 Å². The number of imidazole rings is 1. The van der Waals surface area contributed by atoms with Crippen molar-refractivity contribution in [1.82, 2.24) is 9.55 Å². The lowest BCUT2D eigenvalue weighted by molar-refractivity contribution is 0.381. The van der Waals surface area contributed by atoms with Gasteiger partial charge in [0.1, 0.15) is 12.0 Å². The van der Waals surface area contributed by atoms with Gasteiger partial charge in [-0.2, -0.15) is 0 Å². The summed E-state index contributed by atoms with van der Waals surface area (Å²) >= 11 is 1.51. The van der Waals surface area contributed by atoms with Crippen LogP contribution < -0.4 is 10.2 Å². The van der Waals surface area contributed by atoms with E-state index in [1.165, 1.54) is 31.2 Å². The van der Waals surface area contributed by atoms with Crippen LogP contribution in [0.4, 0.5) is 0 Å². The van der Waals surface area contributed by atoms with Crippen molar-refractivity contribution in [2.24, 2.45) is 7.05 Å². The molecule has 2 aromatic rings. The van der Waals surface area contributed by atoms with Crippen molar-refractivity contribution in [1.29, 1.82) is 0 Å². The second-order valence-corrected chi connectivity index (χ2v) is 4.33. The first-order valence-electron chi connectivity index (χ1n) is 4.96. The van der Waals surface area contributed by atoms with Crippen LogP contribution in [0.2, 0.25) is 0 Å². The third-order valence-corrected chi connectivity index (χ3v) is 3.27. The Morgan fingerprint density at radius 2 is 2.41 bits per heavy atom. The Morgan fingerprint density at radius 3 is 3.00 bits per heavy atom. The van der Waals surface area contributed by atoms with Gasteiger partial charge in [-0.15, -0.1) is 0 Å². The van der Waals surface area contributed by atoms with Gasteiger partial charge in [-0.25, -0.2) is 4.98 Å². The summed E-state index contributed by atoms with van der Waals surface area (Å²) in [5.74, 6) is 1.38. The molecule has 0 aliphatic carbocycles. The molecule has 0 aliphatic heterocycles. The maximum atomic E-state index is 11.5. The molecule has 90 valence electrons. The Hall–Kier alpha value is -1.69. The van der Waals surface area contributed by atoms with Gasteiger partial charge in [0.25, 0.3) is 0 Å². The fraction of sp³-hybridized carbons (Fsp3) is 0.273. The molecule has 0 saturated carbocycles. The number of hydrogen-bond acceptors (Lipinski definition) is 5. The predicted molar refractivity (Wildman–Crippen MR) is 64.3 cm³/mol. The van der Waals surface area contributed by atoms with E-state index in [1.54, 1.807) is 6.20 Å². The third-order valence-electron chi connectivity index (χ3n) is 2.19. The van der Waals surface area contributed by atoms with Crippen molar-refractivity contribution in [3.63, 3.8) is 0 Å². The van der Waals surface area contributed by atoms with E-state index in [1.807, 2.05) is 17.8 Å². The molecule has 0 unspecified atom stereocenters. The highest BCUT2D eigenvalue weighted by Gasteiger charge is 2.06. The van der Waals surface area contributed by atoms with Gasteiger partial charge in [-0.1, -0.05) is 11.8 Å². The molecule has 0 aromatic carbocycles. The third kappa shape index (κ3) is 2.71. The zero-order valence-corrected chi connectivity index (χ0v) is 10.4. The summed E-state index contributed by atoms with van der Waals surface area (Å²) < 4.78 is 12.0. The highest BCUT2D eigenvalue weighted by Crippen LogP contribution is 2.20. The number of methoxy groups -OCH3 is 1. The maximum Gasteiger partial charge on any atom is 0.227 e. The van der Waals surface area contributed by atoms with Crippen LogP contribution >= 0.6 is 11.8 Å². The molecule has 0 saturated heterocycles. The van der Waals surface area contributed by atoms with Crippen molar-refractivity contribution >= 4 is 11.8 Å². The quantitative estimate of drug-likeness (QED) is 0.775. The van der Waals surface area contributed by atoms with E-state index in [9.17, 15) is 4.79 Å². The molecular weight excluding hydrogens is 240 g/mol. The molecule has 2 rings (SSSR count). The van der Waals surface area contributed by atoms with E-state index < -0.39 is 0 Å². The number of nitrogens with zero attached hydrogens (tertiary/aromatic N) is 2. The number of rotatable bonds is 4. The summed E-state index contributed by atoms with van der Waals surface area (Å²) in [6.45, 7) is 0. The minimum absolute atomic E-state index is 0.172. The highest BCUT2D eigenvalue weighted by atomic mass is 32.2. The number of aromatic nitrogens is 2. The Bertz CT molecular complexity index is 562. The summed E-state index contributed by atoms with van der Waals surface area (Å²) in [6.07, 6.45) is 4.93. The molecule has 5 nitrogen and oxygen atoms in total. The van der Waals surface area contributed by atoms with Crippen molar-refractivity contribution in [3.05, 3.63) is 40.7 Å². The van der Waals surface area contributed by atoms with E-state index >= 15 is 0 Å². The average molecular weight is 252 g/mol. The summed E-state index contributed by atoms with van der Waals surface area (Å²) in [5, 5.41) is 0.878. The molecule has 2 aromatic heterocycles. The van der Waals surface area contributed by atoms with Gasteiger partial charge in [0.15, 0.2) is 5.16 Å². The number of aryl methyl sites for hydroxylation is 1. The minimum Gasteiger partial charge on any atom is -0.490 e. The lowest BCUT2D eigenvalue weighted by atomic mass is 10.4. The van der Waals surface area contributed by atoms with E-state index in [2.05, 4.69) is 4.98 Å². The Kier molecular flexibility index (Phi) is 3.53. The standard InChI is InChI=1S/C11H12N2O3S/c1-13-4-3-12-11(13)17-7-8-5-9(14)10(15-2)6-16-8/h3-6H,7H2,1-2H3. The van der Waals surface area contributed by atoms with Crippen molar-refractivity contribution in [3.8, 4) is 5.75 Å². The first-order valence-corrected chi connectivity index (χ1v) is 5.95. The minimum atomic E-state index is -0.172. The molecule has 6 heteroatoms. The number of thioether (sulfide) groups is 1. The number of ether oxygens (including phenoxy) is 1. The monoisotopic (exact) mass is 252 g/mol. The fourth-order valence-electron chi connectivity index (χ4n) is 1.29. The SMILES string of the molecule is COc1coc(CSc2nccn2C)cc1=O. The van der Waals surface area contributed by atoms with Crippen LogP contribution in [-0.2, 0) is 12.8 Å². The largest absolute Gasteiger partial charge is 0.490 e. The molecule has 0 atom stereocenters. The van der Waals surface area contributed by atoms with Crippen LogP contribution in [0.1, 0.15) is 5.76 Å². The van der Waals surface area contributed by atoms with Crippen LogP contribution in [0.15, 0.2) is 39.1 Å². The molecule has 0 bridgehead atoms. The smallest absolute Gasteiger partial charge is 0.227 e. The zero-order valence-electron chi connectivity index (χ0n) is 9.54. The summed E-state index contributed by atoms with van der Waals surface area (Å²) in [7, 11) is 3.36. The highest BCUT2D eigenvalue weighted by molar-refractivity contribution is 7.98. The summed E-state index contributed by atoms with van der Waals surface area (Å²) in [5.41, 5.74) is -0.172. The van der Waals surface area contributed by atoms with Gasteiger partial charge in [-0.05, 0) is 0 Å². The van der Waals surface area contributed by atoms with Crippen LogP contribution in [0.5, 0.6) is 5.75 Å². The Labute approximate surface area is 102 Å². The van der Waals surface area contributed by atoms with E-state index in [4.69, 9.17) is 9.15 Å². The van der Waals surface area contributed by atoms with Crippen LogP contribution in [0.3, 0.4) is 0 Å². The fourth-order valence-corrected chi connectivity index (χ4v) is 2.11. The van der Waals surface area contributed by atoms with Crippen molar-refractivity contribution < 1.29 is 9.15 Å². The first kappa shape index (κ1) is 11.8. The van der Waals surface area contributed by atoms with Gasteiger partial charge in [-0.3, -0.25) is 4.79 Å². The zero-order chi connectivity index (χ0) is 12.3. The molecule has 0 spiro atoms. The molecule has 0 radical (unpaired) electrons. The average Bonchev–Trinajstić information content (AvgIpc) is 2.72. The first-order chi connectivity index (χ1) is 8.20. The van der Waals surface area contributed by atoms with Gasteiger partial charge < -0.3 is 13.7 Å². The van der Waals surface area contributed by atoms with Gasteiger partial charge >= 0.3 is 0 Å². The van der Waals surface area contributed by atoms with Crippen LogP contribution in [0.25, 0.3) is 0 Å². The van der Waals surface area contributed by atoms with Gasteiger partial charge in [0.05, 0.1) is 12.9 Å². The van der Waals surface area contributed by atoms with Crippen molar-refractivity contribution in [2.45, 2.75) is 10.9 Å². The molecule has 0 fully saturated rings. The Balaban J connectivity index is 2.07. The lowest BCUT2D eigenvalue weighted by Gasteiger charge is -2.02. The van der Waals surface area contributed by atoms with Gasteiger partial charge in [0, 0.05) is 25.5 Å². The second-order valence-electron chi connectivity index (χ2n) is 3.39. The molecule has 0 N–H and O–H groups in total. The molecule has 2 heterocycles. The summed E-state index contributed by atoms with van der Waals surface area (Å²) in [4.78, 5) is 15.7. The van der Waals surface area contributed by atoms with Crippen LogP contribution in [-0.4, -0.2) is 16.7 Å². The lowest BCUT2D eigenvalue weighted by Crippen LogP contribution is -2.04. The maximum absolute atomic E-state index is 11.5. The normalized spacial score (nSPS) is 10.5. The second kappa shape index (κ2) is 5.09. The van der Waals surface area contributed by atoms with E-state index in [0.717, 1.165) is 5.16 Å². The van der Waals surface area contributed by atoms with Crippen LogP contribution in [0, 0.1) is 0 Å². The Morgan fingerprint density at radius 1 is 1.59 bits per heavy atom. The summed E-state index contributed by atoms with van der Waals surface area (Å²) in [6, 6.07) is 1.44. The van der Waals surface area contributed by atoms with E-state index in [-0.39, 0.29) is 11.2 Å². The molecule has 0 amide bonds. The molecular formula is C11H12N2O3S. The van der Waals surface area contributed by atoms with Crippen molar-refractivity contribution in [2.75, 3.05) is 7.11 Å². The number of hydrogen-bond donors (Lipinski definition) is 0. The molecule has 17 heavy (non-hydrogen) atoms.